The first-order valence-electron chi connectivity index (χ1n) is 9.47. The van der Waals surface area contributed by atoms with Crippen LogP contribution in [0.25, 0.3) is 0 Å². The summed E-state index contributed by atoms with van der Waals surface area (Å²) < 4.78 is 26.3. The lowest BCUT2D eigenvalue weighted by molar-refractivity contribution is -0.133. The van der Waals surface area contributed by atoms with E-state index in [1.165, 1.54) is 12.1 Å². The van der Waals surface area contributed by atoms with Crippen LogP contribution in [0.4, 0.5) is 8.78 Å². The number of benzene rings is 1. The molecule has 1 amide bonds. The first-order valence-corrected chi connectivity index (χ1v) is 9.47. The van der Waals surface area contributed by atoms with Crippen molar-refractivity contribution >= 4 is 5.91 Å². The van der Waals surface area contributed by atoms with Crippen LogP contribution in [-0.2, 0) is 11.2 Å². The van der Waals surface area contributed by atoms with E-state index in [1.807, 2.05) is 4.90 Å². The highest BCUT2D eigenvalue weighted by Gasteiger charge is 2.23. The number of hydrogen-bond donors (Lipinski definition) is 0. The number of aryl methyl sites for hydroxylation is 1. The van der Waals surface area contributed by atoms with Gasteiger partial charge in [0.2, 0.25) is 5.91 Å². The molecule has 0 aromatic heterocycles. The highest BCUT2D eigenvalue weighted by Crippen LogP contribution is 2.22. The van der Waals surface area contributed by atoms with Crippen molar-refractivity contribution in [1.82, 2.24) is 9.80 Å². The van der Waals surface area contributed by atoms with Crippen molar-refractivity contribution in [2.45, 2.75) is 46.0 Å². The standard InChI is InChI=1S/C20H30F2N2O/c1-3-23(4-2)13-11-20(25)24-12-5-6-17(15-24)8-7-16-9-10-18(21)19(22)14-16/h9-10,14,17H,3-8,11-13,15H2,1-2H3/t17-/m0/s1. The fourth-order valence-corrected chi connectivity index (χ4v) is 3.54. The molecule has 0 aliphatic carbocycles. The van der Waals surface area contributed by atoms with Crippen LogP contribution in [0, 0.1) is 17.6 Å². The van der Waals surface area contributed by atoms with Gasteiger partial charge in [-0.2, -0.15) is 0 Å². The van der Waals surface area contributed by atoms with Gasteiger partial charge in [0.15, 0.2) is 11.6 Å². The third kappa shape index (κ3) is 6.07. The molecule has 1 heterocycles. The van der Waals surface area contributed by atoms with Crippen LogP contribution in [0.2, 0.25) is 0 Å². The van der Waals surface area contributed by atoms with E-state index in [0.717, 1.165) is 64.0 Å². The van der Waals surface area contributed by atoms with Gasteiger partial charge in [0, 0.05) is 26.1 Å². The Morgan fingerprint density at radius 3 is 2.68 bits per heavy atom. The largest absolute Gasteiger partial charge is 0.342 e. The molecular weight excluding hydrogens is 322 g/mol. The molecule has 1 fully saturated rings. The molecule has 0 radical (unpaired) electrons. The van der Waals surface area contributed by atoms with Crippen LogP contribution in [0.5, 0.6) is 0 Å². The Hall–Kier alpha value is -1.49. The smallest absolute Gasteiger partial charge is 0.223 e. The number of hydrogen-bond acceptors (Lipinski definition) is 2. The van der Waals surface area contributed by atoms with E-state index < -0.39 is 11.6 Å². The number of halogens is 2. The van der Waals surface area contributed by atoms with E-state index in [1.54, 1.807) is 6.07 Å². The monoisotopic (exact) mass is 352 g/mol. The number of likely N-dealkylation sites (tertiary alicyclic amines) is 1. The minimum absolute atomic E-state index is 0.240. The first-order chi connectivity index (χ1) is 12.0. The molecule has 0 saturated carbocycles. The van der Waals surface area contributed by atoms with E-state index in [9.17, 15) is 13.6 Å². The van der Waals surface area contributed by atoms with Gasteiger partial charge < -0.3 is 9.80 Å². The van der Waals surface area contributed by atoms with Crippen LogP contribution < -0.4 is 0 Å². The number of amides is 1. The Kier molecular flexibility index (Phi) is 7.82. The van der Waals surface area contributed by atoms with Crippen LogP contribution in [0.15, 0.2) is 18.2 Å². The minimum Gasteiger partial charge on any atom is -0.342 e. The summed E-state index contributed by atoms with van der Waals surface area (Å²) in [7, 11) is 0. The summed E-state index contributed by atoms with van der Waals surface area (Å²) in [6, 6.07) is 4.12. The highest BCUT2D eigenvalue weighted by molar-refractivity contribution is 5.76. The van der Waals surface area contributed by atoms with Gasteiger partial charge in [-0.1, -0.05) is 19.9 Å². The van der Waals surface area contributed by atoms with Gasteiger partial charge in [-0.05, 0) is 62.4 Å². The maximum atomic E-state index is 13.3. The Balaban J connectivity index is 1.79. The van der Waals surface area contributed by atoms with Crippen LogP contribution in [0.1, 0.15) is 45.1 Å². The molecule has 5 heteroatoms. The summed E-state index contributed by atoms with van der Waals surface area (Å²) in [6.45, 7) is 8.63. The maximum absolute atomic E-state index is 13.3. The predicted octanol–water partition coefficient (Wildman–Crippen LogP) is 3.87. The molecule has 25 heavy (non-hydrogen) atoms. The molecule has 1 aromatic carbocycles. The molecule has 0 spiro atoms. The van der Waals surface area contributed by atoms with E-state index in [2.05, 4.69) is 18.7 Å². The zero-order valence-corrected chi connectivity index (χ0v) is 15.4. The molecule has 1 atom stereocenters. The summed E-state index contributed by atoms with van der Waals surface area (Å²) >= 11 is 0. The third-order valence-electron chi connectivity index (χ3n) is 5.23. The van der Waals surface area contributed by atoms with Gasteiger partial charge in [-0.25, -0.2) is 8.78 Å². The van der Waals surface area contributed by atoms with E-state index in [0.29, 0.717) is 12.3 Å². The van der Waals surface area contributed by atoms with Gasteiger partial charge in [-0.15, -0.1) is 0 Å². The number of rotatable bonds is 8. The van der Waals surface area contributed by atoms with Crippen molar-refractivity contribution in [3.05, 3.63) is 35.4 Å². The number of carbonyl (C=O) groups is 1. The molecule has 2 rings (SSSR count). The number of piperidine rings is 1. The summed E-state index contributed by atoms with van der Waals surface area (Å²) in [6.07, 6.45) is 4.34. The Bertz CT molecular complexity index is 561. The summed E-state index contributed by atoms with van der Waals surface area (Å²) in [5.74, 6) is -0.899. The van der Waals surface area contributed by atoms with Crippen LogP contribution in [-0.4, -0.2) is 48.4 Å². The first kappa shape index (κ1) is 19.8. The summed E-state index contributed by atoms with van der Waals surface area (Å²) in [5.41, 5.74) is 0.823. The Labute approximate surface area is 150 Å². The predicted molar refractivity (Wildman–Crippen MR) is 96.4 cm³/mol. The molecule has 1 aromatic rings. The van der Waals surface area contributed by atoms with Crippen molar-refractivity contribution in [2.75, 3.05) is 32.7 Å². The summed E-state index contributed by atoms with van der Waals surface area (Å²) in [5, 5.41) is 0. The lowest BCUT2D eigenvalue weighted by Gasteiger charge is -2.33. The Morgan fingerprint density at radius 2 is 2.00 bits per heavy atom. The molecule has 0 bridgehead atoms. The van der Waals surface area contributed by atoms with E-state index >= 15 is 0 Å². The van der Waals surface area contributed by atoms with E-state index in [-0.39, 0.29) is 5.91 Å². The minimum atomic E-state index is -0.800. The lowest BCUT2D eigenvalue weighted by atomic mass is 9.91. The second-order valence-corrected chi connectivity index (χ2v) is 6.91. The normalized spacial score (nSPS) is 18.0. The van der Waals surface area contributed by atoms with Gasteiger partial charge in [-0.3, -0.25) is 4.79 Å². The number of carbonyl (C=O) groups excluding carboxylic acids is 1. The van der Waals surface area contributed by atoms with Gasteiger partial charge in [0.05, 0.1) is 0 Å². The second kappa shape index (κ2) is 9.85. The average molecular weight is 352 g/mol. The fraction of sp³-hybridized carbons (Fsp3) is 0.650. The van der Waals surface area contributed by atoms with Gasteiger partial charge in [0.25, 0.3) is 0 Å². The molecule has 0 unspecified atom stereocenters. The van der Waals surface area contributed by atoms with E-state index in [4.69, 9.17) is 0 Å². The molecule has 1 aliphatic heterocycles. The van der Waals surface area contributed by atoms with Crippen molar-refractivity contribution in [1.29, 1.82) is 0 Å². The Morgan fingerprint density at radius 1 is 1.24 bits per heavy atom. The molecule has 3 nitrogen and oxygen atoms in total. The molecular formula is C20H30F2N2O. The van der Waals surface area contributed by atoms with Crippen molar-refractivity contribution < 1.29 is 13.6 Å². The van der Waals surface area contributed by atoms with Gasteiger partial charge in [0.1, 0.15) is 0 Å². The van der Waals surface area contributed by atoms with Gasteiger partial charge >= 0.3 is 0 Å². The molecule has 0 N–H and O–H groups in total. The topological polar surface area (TPSA) is 23.6 Å². The maximum Gasteiger partial charge on any atom is 0.223 e. The third-order valence-corrected chi connectivity index (χ3v) is 5.23. The lowest BCUT2D eigenvalue weighted by Crippen LogP contribution is -2.41. The van der Waals surface area contributed by atoms with Crippen LogP contribution in [0.3, 0.4) is 0 Å². The molecule has 1 aliphatic rings. The second-order valence-electron chi connectivity index (χ2n) is 6.91. The fourth-order valence-electron chi connectivity index (χ4n) is 3.54. The number of nitrogens with zero attached hydrogens (tertiary/aromatic N) is 2. The highest BCUT2D eigenvalue weighted by atomic mass is 19.2. The van der Waals surface area contributed by atoms with Crippen molar-refractivity contribution in [3.63, 3.8) is 0 Å². The average Bonchev–Trinajstić information content (AvgIpc) is 2.63. The zero-order valence-electron chi connectivity index (χ0n) is 15.4. The van der Waals surface area contributed by atoms with Crippen molar-refractivity contribution in [2.24, 2.45) is 5.92 Å². The van der Waals surface area contributed by atoms with Crippen molar-refractivity contribution in [3.8, 4) is 0 Å². The molecule has 1 saturated heterocycles. The van der Waals surface area contributed by atoms with Crippen LogP contribution >= 0.6 is 0 Å². The summed E-state index contributed by atoms with van der Waals surface area (Å²) in [4.78, 5) is 16.7. The zero-order chi connectivity index (χ0) is 18.2. The quantitative estimate of drug-likeness (QED) is 0.709. The SMILES string of the molecule is CCN(CC)CCC(=O)N1CCC[C@@H](CCc2ccc(F)c(F)c2)C1. The molecule has 140 valence electrons.